The molecule has 0 radical (unpaired) electrons. The number of nitrogens with zero attached hydrogens (tertiary/aromatic N) is 2. The molecule has 0 saturated heterocycles. The van der Waals surface area contributed by atoms with Crippen molar-refractivity contribution < 1.29 is 0 Å². The van der Waals surface area contributed by atoms with Crippen LogP contribution in [0.1, 0.15) is 30.3 Å². The molecule has 0 bridgehead atoms. The van der Waals surface area contributed by atoms with Crippen molar-refractivity contribution in [3.63, 3.8) is 0 Å². The van der Waals surface area contributed by atoms with E-state index in [9.17, 15) is 4.79 Å². The SMILES string of the molecule is CCCc1c(C)nc2cccc(C)n2c1=O.Cl. The van der Waals surface area contributed by atoms with E-state index in [1.54, 1.807) is 4.40 Å². The number of aryl methyl sites for hydroxylation is 2. The Morgan fingerprint density at radius 3 is 2.65 bits per heavy atom. The summed E-state index contributed by atoms with van der Waals surface area (Å²) in [7, 11) is 0. The summed E-state index contributed by atoms with van der Waals surface area (Å²) in [5.74, 6) is 0. The van der Waals surface area contributed by atoms with E-state index in [4.69, 9.17) is 0 Å². The predicted octanol–water partition coefficient (Wildman–Crippen LogP) is 2.69. The lowest BCUT2D eigenvalue weighted by Crippen LogP contribution is -2.23. The number of halogens is 1. The maximum Gasteiger partial charge on any atom is 0.261 e. The molecule has 2 heterocycles. The zero-order chi connectivity index (χ0) is 11.7. The molecule has 2 aromatic heterocycles. The van der Waals surface area contributed by atoms with Crippen LogP contribution in [-0.4, -0.2) is 9.38 Å². The van der Waals surface area contributed by atoms with E-state index >= 15 is 0 Å². The fourth-order valence-corrected chi connectivity index (χ4v) is 2.02. The van der Waals surface area contributed by atoms with Crippen LogP contribution in [-0.2, 0) is 6.42 Å². The monoisotopic (exact) mass is 252 g/mol. The first kappa shape index (κ1) is 13.7. The highest BCUT2D eigenvalue weighted by Crippen LogP contribution is 2.07. The van der Waals surface area contributed by atoms with E-state index in [2.05, 4.69) is 11.9 Å². The normalized spacial score (nSPS) is 10.3. The van der Waals surface area contributed by atoms with Gasteiger partial charge >= 0.3 is 0 Å². The van der Waals surface area contributed by atoms with Crippen molar-refractivity contribution in [1.82, 2.24) is 9.38 Å². The van der Waals surface area contributed by atoms with Crippen molar-refractivity contribution >= 4 is 18.1 Å². The van der Waals surface area contributed by atoms with Crippen LogP contribution in [0.15, 0.2) is 23.0 Å². The van der Waals surface area contributed by atoms with Crippen LogP contribution in [0.5, 0.6) is 0 Å². The van der Waals surface area contributed by atoms with Gasteiger partial charge in [0.15, 0.2) is 0 Å². The first-order valence-corrected chi connectivity index (χ1v) is 5.63. The zero-order valence-electron chi connectivity index (χ0n) is 10.4. The maximum absolute atomic E-state index is 12.3. The number of aromatic nitrogens is 2. The molecule has 92 valence electrons. The topological polar surface area (TPSA) is 34.4 Å². The molecule has 2 rings (SSSR count). The number of hydrogen-bond donors (Lipinski definition) is 0. The van der Waals surface area contributed by atoms with Crippen molar-refractivity contribution in [3.05, 3.63) is 45.5 Å². The first-order chi connectivity index (χ1) is 7.65. The van der Waals surface area contributed by atoms with Gasteiger partial charge < -0.3 is 0 Å². The van der Waals surface area contributed by atoms with E-state index < -0.39 is 0 Å². The first-order valence-electron chi connectivity index (χ1n) is 5.63. The third-order valence-electron chi connectivity index (χ3n) is 2.84. The van der Waals surface area contributed by atoms with Crippen LogP contribution in [0.3, 0.4) is 0 Å². The van der Waals surface area contributed by atoms with Crippen LogP contribution < -0.4 is 5.56 Å². The van der Waals surface area contributed by atoms with Crippen LogP contribution in [0.4, 0.5) is 0 Å². The van der Waals surface area contributed by atoms with Gasteiger partial charge in [-0.1, -0.05) is 19.4 Å². The summed E-state index contributed by atoms with van der Waals surface area (Å²) in [5, 5.41) is 0. The summed E-state index contributed by atoms with van der Waals surface area (Å²) in [4.78, 5) is 16.8. The quantitative estimate of drug-likeness (QED) is 0.824. The molecule has 0 saturated carbocycles. The summed E-state index contributed by atoms with van der Waals surface area (Å²) in [5.41, 5.74) is 3.46. The molecule has 0 amide bonds. The van der Waals surface area contributed by atoms with Gasteiger partial charge in [0, 0.05) is 17.0 Å². The molecule has 4 heteroatoms. The van der Waals surface area contributed by atoms with Gasteiger partial charge in [-0.2, -0.15) is 0 Å². The number of pyridine rings is 1. The van der Waals surface area contributed by atoms with Crippen molar-refractivity contribution in [2.45, 2.75) is 33.6 Å². The molecule has 0 fully saturated rings. The summed E-state index contributed by atoms with van der Waals surface area (Å²) in [6.45, 7) is 5.92. The largest absolute Gasteiger partial charge is 0.269 e. The van der Waals surface area contributed by atoms with E-state index in [0.717, 1.165) is 35.4 Å². The number of fused-ring (bicyclic) bond motifs is 1. The minimum atomic E-state index is 0. The van der Waals surface area contributed by atoms with Gasteiger partial charge in [-0.25, -0.2) is 4.98 Å². The standard InChI is InChI=1S/C13H16N2O.ClH/c1-4-6-11-10(3)14-12-8-5-7-9(2)15(12)13(11)16;/h5,7-8H,4,6H2,1-3H3;1H. The predicted molar refractivity (Wildman–Crippen MR) is 72.2 cm³/mol. The van der Waals surface area contributed by atoms with E-state index in [1.807, 2.05) is 32.0 Å². The average molecular weight is 253 g/mol. The third-order valence-corrected chi connectivity index (χ3v) is 2.84. The van der Waals surface area contributed by atoms with Crippen molar-refractivity contribution in [2.24, 2.45) is 0 Å². The lowest BCUT2D eigenvalue weighted by atomic mass is 10.1. The Morgan fingerprint density at radius 2 is 2.00 bits per heavy atom. The molecule has 0 unspecified atom stereocenters. The van der Waals surface area contributed by atoms with Crippen molar-refractivity contribution in [2.75, 3.05) is 0 Å². The highest BCUT2D eigenvalue weighted by Gasteiger charge is 2.09. The molecule has 0 N–H and O–H groups in total. The Labute approximate surface area is 107 Å². The second kappa shape index (κ2) is 5.32. The zero-order valence-corrected chi connectivity index (χ0v) is 11.2. The smallest absolute Gasteiger partial charge is 0.261 e. The van der Waals surface area contributed by atoms with Gasteiger partial charge in [0.2, 0.25) is 0 Å². The molecule has 3 nitrogen and oxygen atoms in total. The molecule has 2 aromatic rings. The number of hydrogen-bond acceptors (Lipinski definition) is 2. The van der Waals surface area contributed by atoms with Crippen LogP contribution in [0.2, 0.25) is 0 Å². The molecule has 0 aliphatic rings. The molecule has 0 spiro atoms. The Kier molecular flexibility index (Phi) is 4.29. The molecule has 0 aromatic carbocycles. The van der Waals surface area contributed by atoms with Crippen LogP contribution in [0.25, 0.3) is 5.65 Å². The summed E-state index contributed by atoms with van der Waals surface area (Å²) in [6, 6.07) is 5.73. The third kappa shape index (κ3) is 2.34. The second-order valence-corrected chi connectivity index (χ2v) is 4.09. The Balaban J connectivity index is 0.00000144. The molecular weight excluding hydrogens is 236 g/mol. The van der Waals surface area contributed by atoms with Crippen molar-refractivity contribution in [1.29, 1.82) is 0 Å². The maximum atomic E-state index is 12.3. The summed E-state index contributed by atoms with van der Waals surface area (Å²) in [6.07, 6.45) is 1.77. The van der Waals surface area contributed by atoms with Crippen LogP contribution in [0, 0.1) is 13.8 Å². The Morgan fingerprint density at radius 1 is 1.29 bits per heavy atom. The van der Waals surface area contributed by atoms with Crippen LogP contribution >= 0.6 is 12.4 Å². The van der Waals surface area contributed by atoms with Gasteiger partial charge in [-0.15, -0.1) is 12.4 Å². The van der Waals surface area contributed by atoms with E-state index in [0.29, 0.717) is 0 Å². The van der Waals surface area contributed by atoms with Crippen molar-refractivity contribution in [3.8, 4) is 0 Å². The minimum Gasteiger partial charge on any atom is -0.269 e. The molecule has 0 aliphatic heterocycles. The van der Waals surface area contributed by atoms with Gasteiger partial charge in [-0.05, 0) is 32.4 Å². The van der Waals surface area contributed by atoms with Gasteiger partial charge in [0.1, 0.15) is 5.65 Å². The van der Waals surface area contributed by atoms with E-state index in [-0.39, 0.29) is 18.0 Å². The van der Waals surface area contributed by atoms with E-state index in [1.165, 1.54) is 0 Å². The summed E-state index contributed by atoms with van der Waals surface area (Å²) < 4.78 is 1.69. The molecule has 0 atom stereocenters. The lowest BCUT2D eigenvalue weighted by Gasteiger charge is -2.08. The number of rotatable bonds is 2. The van der Waals surface area contributed by atoms with Gasteiger partial charge in [-0.3, -0.25) is 9.20 Å². The Hall–Kier alpha value is -1.35. The summed E-state index contributed by atoms with van der Waals surface area (Å²) >= 11 is 0. The minimum absolute atomic E-state index is 0. The fraction of sp³-hybridized carbons (Fsp3) is 0.385. The molecule has 17 heavy (non-hydrogen) atoms. The average Bonchev–Trinajstić information content (AvgIpc) is 2.24. The Bertz CT molecular complexity index is 590. The van der Waals surface area contributed by atoms with Gasteiger partial charge in [0.25, 0.3) is 5.56 Å². The second-order valence-electron chi connectivity index (χ2n) is 4.09. The molecule has 0 aliphatic carbocycles. The lowest BCUT2D eigenvalue weighted by molar-refractivity contribution is 0.848. The van der Waals surface area contributed by atoms with Gasteiger partial charge in [0.05, 0.1) is 0 Å². The highest BCUT2D eigenvalue weighted by molar-refractivity contribution is 5.85. The fourth-order valence-electron chi connectivity index (χ4n) is 2.02. The molecular formula is C13H17ClN2O. The highest BCUT2D eigenvalue weighted by atomic mass is 35.5.